The lowest BCUT2D eigenvalue weighted by Crippen LogP contribution is -2.01. The maximum absolute atomic E-state index is 8.81. The molecule has 0 radical (unpaired) electrons. The number of aliphatic hydroxyl groups excluding tert-OH is 1. The molecule has 0 atom stereocenters. The van der Waals surface area contributed by atoms with E-state index < -0.39 is 0 Å². The molecular formula is C15H17N5O. The number of anilines is 1. The van der Waals surface area contributed by atoms with Crippen LogP contribution >= 0.6 is 0 Å². The highest BCUT2D eigenvalue weighted by molar-refractivity contribution is 5.90. The van der Waals surface area contributed by atoms with Crippen LogP contribution in [0.5, 0.6) is 0 Å². The number of aliphatic hydroxyl groups is 1. The number of aryl methyl sites for hydroxylation is 1. The lowest BCUT2D eigenvalue weighted by atomic mass is 10.2. The number of benzene rings is 1. The maximum Gasteiger partial charge on any atom is 0.102 e. The molecule has 0 unspecified atom stereocenters. The Bertz CT molecular complexity index is 719. The zero-order valence-electron chi connectivity index (χ0n) is 11.6. The van der Waals surface area contributed by atoms with Crippen LogP contribution in [0.3, 0.4) is 0 Å². The van der Waals surface area contributed by atoms with Gasteiger partial charge in [-0.3, -0.25) is 9.67 Å². The van der Waals surface area contributed by atoms with Gasteiger partial charge >= 0.3 is 0 Å². The molecule has 3 aromatic rings. The van der Waals surface area contributed by atoms with Crippen molar-refractivity contribution in [1.29, 1.82) is 0 Å². The molecular weight excluding hydrogens is 266 g/mol. The monoisotopic (exact) mass is 283 g/mol. The van der Waals surface area contributed by atoms with Crippen LogP contribution in [0.1, 0.15) is 12.1 Å². The van der Waals surface area contributed by atoms with Crippen LogP contribution in [0.15, 0.2) is 42.7 Å². The molecule has 108 valence electrons. The molecule has 6 heteroatoms. The van der Waals surface area contributed by atoms with Gasteiger partial charge in [-0.15, -0.1) is 5.10 Å². The number of hydrogen-bond donors (Lipinski definition) is 2. The van der Waals surface area contributed by atoms with Gasteiger partial charge in [-0.2, -0.15) is 0 Å². The van der Waals surface area contributed by atoms with E-state index in [2.05, 4.69) is 20.6 Å². The highest BCUT2D eigenvalue weighted by Gasteiger charge is 2.04. The molecule has 0 aliphatic rings. The summed E-state index contributed by atoms with van der Waals surface area (Å²) in [6.07, 6.45) is 4.36. The molecule has 2 aromatic heterocycles. The summed E-state index contributed by atoms with van der Waals surface area (Å²) in [5.41, 5.74) is 2.80. The van der Waals surface area contributed by atoms with E-state index >= 15 is 0 Å². The van der Waals surface area contributed by atoms with Crippen molar-refractivity contribution in [3.8, 4) is 0 Å². The highest BCUT2D eigenvalue weighted by atomic mass is 16.3. The van der Waals surface area contributed by atoms with Crippen LogP contribution < -0.4 is 5.32 Å². The van der Waals surface area contributed by atoms with Crippen molar-refractivity contribution in [3.63, 3.8) is 0 Å². The molecule has 0 spiro atoms. The summed E-state index contributed by atoms with van der Waals surface area (Å²) in [4.78, 5) is 4.41. The first-order valence-corrected chi connectivity index (χ1v) is 6.94. The van der Waals surface area contributed by atoms with Crippen LogP contribution in [0.2, 0.25) is 0 Å². The minimum absolute atomic E-state index is 0.162. The Morgan fingerprint density at radius 2 is 2.10 bits per heavy atom. The molecule has 0 fully saturated rings. The number of para-hydroxylation sites is 1. The fraction of sp³-hybridized carbons (Fsp3) is 0.267. The second kappa shape index (κ2) is 6.32. The van der Waals surface area contributed by atoms with Crippen molar-refractivity contribution < 1.29 is 5.11 Å². The van der Waals surface area contributed by atoms with E-state index in [1.165, 1.54) is 0 Å². The van der Waals surface area contributed by atoms with E-state index in [9.17, 15) is 0 Å². The van der Waals surface area contributed by atoms with Gasteiger partial charge in [-0.25, -0.2) is 0 Å². The molecule has 2 heterocycles. The van der Waals surface area contributed by atoms with Crippen molar-refractivity contribution in [2.24, 2.45) is 0 Å². The zero-order valence-corrected chi connectivity index (χ0v) is 11.6. The van der Waals surface area contributed by atoms with Crippen molar-refractivity contribution in [2.45, 2.75) is 19.5 Å². The molecule has 3 rings (SSSR count). The molecule has 21 heavy (non-hydrogen) atoms. The number of aromatic nitrogens is 4. The Labute approximate surface area is 122 Å². The molecule has 0 amide bonds. The van der Waals surface area contributed by atoms with E-state index in [4.69, 9.17) is 5.11 Å². The van der Waals surface area contributed by atoms with Gasteiger partial charge in [0.2, 0.25) is 0 Å². The van der Waals surface area contributed by atoms with E-state index in [-0.39, 0.29) is 6.61 Å². The Morgan fingerprint density at radius 1 is 1.19 bits per heavy atom. The van der Waals surface area contributed by atoms with E-state index in [0.717, 1.165) is 22.3 Å². The normalized spacial score (nSPS) is 10.9. The van der Waals surface area contributed by atoms with Crippen LogP contribution in [0, 0.1) is 0 Å². The van der Waals surface area contributed by atoms with Gasteiger partial charge in [0, 0.05) is 24.7 Å². The van der Waals surface area contributed by atoms with E-state index in [1.54, 1.807) is 10.9 Å². The summed E-state index contributed by atoms with van der Waals surface area (Å²) in [5, 5.41) is 21.4. The standard InChI is InChI=1S/C15H17N5O/c21-9-3-8-20-11-13(18-19-20)10-17-14-6-1-4-12-5-2-7-16-15(12)14/h1-2,4-7,11,17,21H,3,8-10H2. The van der Waals surface area contributed by atoms with Crippen LogP contribution in [-0.2, 0) is 13.1 Å². The molecule has 0 saturated carbocycles. The average Bonchev–Trinajstić information content (AvgIpc) is 2.99. The van der Waals surface area contributed by atoms with Crippen molar-refractivity contribution in [1.82, 2.24) is 20.0 Å². The van der Waals surface area contributed by atoms with Crippen LogP contribution in [-0.4, -0.2) is 31.7 Å². The van der Waals surface area contributed by atoms with Gasteiger partial charge in [0.1, 0.15) is 5.69 Å². The third kappa shape index (κ3) is 3.17. The minimum atomic E-state index is 0.162. The van der Waals surface area contributed by atoms with Crippen LogP contribution in [0.25, 0.3) is 10.9 Å². The molecule has 0 aliphatic carbocycles. The quantitative estimate of drug-likeness (QED) is 0.721. The van der Waals surface area contributed by atoms with Gasteiger partial charge in [-0.05, 0) is 18.6 Å². The fourth-order valence-electron chi connectivity index (χ4n) is 2.19. The molecule has 0 bridgehead atoms. The molecule has 2 N–H and O–H groups in total. The summed E-state index contributed by atoms with van der Waals surface area (Å²) in [5.74, 6) is 0. The topological polar surface area (TPSA) is 75.9 Å². The Balaban J connectivity index is 1.70. The minimum Gasteiger partial charge on any atom is -0.396 e. The summed E-state index contributed by atoms with van der Waals surface area (Å²) in [6, 6.07) is 10.0. The van der Waals surface area contributed by atoms with Gasteiger partial charge in [-0.1, -0.05) is 23.4 Å². The SMILES string of the molecule is OCCCn1cc(CNc2cccc3cccnc23)nn1. The number of hydrogen-bond acceptors (Lipinski definition) is 5. The Kier molecular flexibility index (Phi) is 4.07. The summed E-state index contributed by atoms with van der Waals surface area (Å²) >= 11 is 0. The van der Waals surface area contributed by atoms with E-state index in [0.29, 0.717) is 19.5 Å². The third-order valence-electron chi connectivity index (χ3n) is 3.22. The van der Waals surface area contributed by atoms with E-state index in [1.807, 2.05) is 36.5 Å². The Morgan fingerprint density at radius 3 is 3.00 bits per heavy atom. The van der Waals surface area contributed by atoms with Crippen molar-refractivity contribution in [2.75, 3.05) is 11.9 Å². The second-order valence-electron chi connectivity index (χ2n) is 4.78. The number of fused-ring (bicyclic) bond motifs is 1. The molecule has 1 aromatic carbocycles. The first-order chi connectivity index (χ1) is 10.4. The molecule has 6 nitrogen and oxygen atoms in total. The van der Waals surface area contributed by atoms with Crippen molar-refractivity contribution in [3.05, 3.63) is 48.4 Å². The lowest BCUT2D eigenvalue weighted by Gasteiger charge is -2.07. The molecule has 0 aliphatic heterocycles. The summed E-state index contributed by atoms with van der Waals surface area (Å²) < 4.78 is 1.74. The zero-order chi connectivity index (χ0) is 14.5. The number of rotatable bonds is 6. The van der Waals surface area contributed by atoms with Crippen LogP contribution in [0.4, 0.5) is 5.69 Å². The summed E-state index contributed by atoms with van der Waals surface area (Å²) in [7, 11) is 0. The van der Waals surface area contributed by atoms with Gasteiger partial charge in [0.05, 0.1) is 23.9 Å². The predicted octanol–water partition coefficient (Wildman–Crippen LogP) is 1.82. The van der Waals surface area contributed by atoms with Gasteiger partial charge < -0.3 is 10.4 Å². The summed E-state index contributed by atoms with van der Waals surface area (Å²) in [6.45, 7) is 1.43. The third-order valence-corrected chi connectivity index (χ3v) is 3.22. The first-order valence-electron chi connectivity index (χ1n) is 6.94. The average molecular weight is 283 g/mol. The lowest BCUT2D eigenvalue weighted by molar-refractivity contribution is 0.276. The predicted molar refractivity (Wildman–Crippen MR) is 80.8 cm³/mol. The number of nitrogens with one attached hydrogen (secondary N) is 1. The number of nitrogens with zero attached hydrogens (tertiary/aromatic N) is 4. The number of pyridine rings is 1. The van der Waals surface area contributed by atoms with Gasteiger partial charge in [0.15, 0.2) is 0 Å². The molecule has 0 saturated heterocycles. The first kappa shape index (κ1) is 13.5. The fourth-order valence-corrected chi connectivity index (χ4v) is 2.19. The maximum atomic E-state index is 8.81. The van der Waals surface area contributed by atoms with Crippen molar-refractivity contribution >= 4 is 16.6 Å². The highest BCUT2D eigenvalue weighted by Crippen LogP contribution is 2.20. The largest absolute Gasteiger partial charge is 0.396 e. The second-order valence-corrected chi connectivity index (χ2v) is 4.78. The smallest absolute Gasteiger partial charge is 0.102 e. The van der Waals surface area contributed by atoms with Gasteiger partial charge in [0.25, 0.3) is 0 Å². The Hall–Kier alpha value is -2.47.